The van der Waals surface area contributed by atoms with Gasteiger partial charge in [-0.2, -0.15) is 0 Å². The number of carbonyl (C=O) groups excluding carboxylic acids is 2. The van der Waals surface area contributed by atoms with Gasteiger partial charge in [-0.1, -0.05) is 24.3 Å². The van der Waals surface area contributed by atoms with Crippen molar-refractivity contribution in [3.63, 3.8) is 0 Å². The van der Waals surface area contributed by atoms with Crippen LogP contribution >= 0.6 is 0 Å². The Morgan fingerprint density at radius 1 is 1.21 bits per heavy atom. The molecule has 1 aromatic carbocycles. The molecule has 1 atom stereocenters. The highest BCUT2D eigenvalue weighted by molar-refractivity contribution is 5.92. The first-order valence-corrected chi connectivity index (χ1v) is 6.81. The van der Waals surface area contributed by atoms with Crippen molar-refractivity contribution in [3.8, 4) is 0 Å². The maximum Gasteiger partial charge on any atom is 0.250 e. The lowest BCUT2D eigenvalue weighted by Gasteiger charge is -2.35. The van der Waals surface area contributed by atoms with E-state index in [9.17, 15) is 9.59 Å². The quantitative estimate of drug-likeness (QED) is 0.763. The van der Waals surface area contributed by atoms with Gasteiger partial charge >= 0.3 is 0 Å². The Bertz CT molecular complexity index is 521. The molecule has 3 rings (SSSR count). The normalized spacial score (nSPS) is 22.6. The van der Waals surface area contributed by atoms with E-state index in [4.69, 9.17) is 0 Å². The van der Waals surface area contributed by atoms with Crippen molar-refractivity contribution < 1.29 is 9.59 Å². The number of fused-ring (bicyclic) bond motifs is 1. The Morgan fingerprint density at radius 2 is 1.89 bits per heavy atom. The number of likely N-dealkylation sites (tertiary alicyclic amines) is 1. The monoisotopic (exact) mass is 258 g/mol. The number of amides is 2. The van der Waals surface area contributed by atoms with E-state index in [0.717, 1.165) is 37.1 Å². The molecule has 0 aromatic heterocycles. The Hall–Kier alpha value is -1.84. The first-order chi connectivity index (χ1) is 9.18. The summed E-state index contributed by atoms with van der Waals surface area (Å²) in [6.07, 6.45) is 2.53. The molecular weight excluding hydrogens is 240 g/mol. The number of benzene rings is 1. The van der Waals surface area contributed by atoms with E-state index >= 15 is 0 Å². The average molecular weight is 258 g/mol. The molecular formula is C15H18N2O2. The highest BCUT2D eigenvalue weighted by Gasteiger charge is 2.37. The number of hydrogen-bond donors (Lipinski definition) is 0. The lowest BCUT2D eigenvalue weighted by atomic mass is 9.92. The van der Waals surface area contributed by atoms with Gasteiger partial charge < -0.3 is 9.80 Å². The first kappa shape index (κ1) is 12.2. The highest BCUT2D eigenvalue weighted by atomic mass is 16.2. The van der Waals surface area contributed by atoms with E-state index in [2.05, 4.69) is 0 Å². The van der Waals surface area contributed by atoms with Crippen LogP contribution in [0, 0.1) is 0 Å². The van der Waals surface area contributed by atoms with Crippen molar-refractivity contribution >= 4 is 11.8 Å². The molecule has 2 heterocycles. The fourth-order valence-corrected chi connectivity index (χ4v) is 3.01. The van der Waals surface area contributed by atoms with Crippen LogP contribution in [0.5, 0.6) is 0 Å². The number of nitrogens with zero attached hydrogens (tertiary/aromatic N) is 2. The third kappa shape index (κ3) is 2.01. The maximum absolute atomic E-state index is 12.7. The number of likely N-dealkylation sites (N-methyl/N-ethyl adjacent to an activating group) is 1. The summed E-state index contributed by atoms with van der Waals surface area (Å²) < 4.78 is 0. The summed E-state index contributed by atoms with van der Waals surface area (Å²) in [5.41, 5.74) is 1.98. The molecule has 0 N–H and O–H groups in total. The van der Waals surface area contributed by atoms with Crippen molar-refractivity contribution in [3.05, 3.63) is 35.4 Å². The minimum absolute atomic E-state index is 0.0243. The molecule has 2 amide bonds. The summed E-state index contributed by atoms with van der Waals surface area (Å²) in [4.78, 5) is 28.2. The van der Waals surface area contributed by atoms with Crippen molar-refractivity contribution in [1.82, 2.24) is 9.80 Å². The van der Waals surface area contributed by atoms with E-state index in [1.165, 1.54) is 0 Å². The molecule has 4 nitrogen and oxygen atoms in total. The summed E-state index contributed by atoms with van der Waals surface area (Å²) in [7, 11) is 1.73. The topological polar surface area (TPSA) is 40.6 Å². The molecule has 2 aliphatic heterocycles. The molecule has 0 saturated carbocycles. The summed E-state index contributed by atoms with van der Waals surface area (Å²) in [6.45, 7) is 1.64. The van der Waals surface area contributed by atoms with Crippen LogP contribution in [0.1, 0.15) is 30.0 Å². The minimum atomic E-state index is -0.435. The molecule has 2 aliphatic rings. The molecule has 1 saturated heterocycles. The van der Waals surface area contributed by atoms with Crippen LogP contribution in [0.3, 0.4) is 0 Å². The third-order valence-corrected chi connectivity index (χ3v) is 4.12. The van der Waals surface area contributed by atoms with Crippen molar-refractivity contribution in [2.24, 2.45) is 0 Å². The van der Waals surface area contributed by atoms with Gasteiger partial charge in [0, 0.05) is 20.1 Å². The van der Waals surface area contributed by atoms with Gasteiger partial charge in [0.2, 0.25) is 11.8 Å². The Morgan fingerprint density at radius 3 is 2.63 bits per heavy atom. The van der Waals surface area contributed by atoms with E-state index in [0.29, 0.717) is 6.42 Å². The van der Waals surface area contributed by atoms with Gasteiger partial charge in [-0.15, -0.1) is 0 Å². The molecule has 0 aliphatic carbocycles. The van der Waals surface area contributed by atoms with Gasteiger partial charge in [-0.05, 0) is 24.0 Å². The van der Waals surface area contributed by atoms with E-state index in [1.807, 2.05) is 29.2 Å². The van der Waals surface area contributed by atoms with Gasteiger partial charge in [0.15, 0.2) is 0 Å². The van der Waals surface area contributed by atoms with Gasteiger partial charge in [0.25, 0.3) is 0 Å². The third-order valence-electron chi connectivity index (χ3n) is 4.12. The van der Waals surface area contributed by atoms with Crippen molar-refractivity contribution in [2.45, 2.75) is 25.3 Å². The first-order valence-electron chi connectivity index (χ1n) is 6.81. The van der Waals surface area contributed by atoms with Crippen LogP contribution < -0.4 is 0 Å². The maximum atomic E-state index is 12.7. The fourth-order valence-electron chi connectivity index (χ4n) is 3.01. The lowest BCUT2D eigenvalue weighted by Crippen LogP contribution is -2.46. The van der Waals surface area contributed by atoms with Crippen LogP contribution in [0.2, 0.25) is 0 Å². The zero-order valence-electron chi connectivity index (χ0n) is 11.1. The van der Waals surface area contributed by atoms with Gasteiger partial charge in [-0.3, -0.25) is 9.59 Å². The Kier molecular flexibility index (Phi) is 3.01. The van der Waals surface area contributed by atoms with E-state index < -0.39 is 6.04 Å². The summed E-state index contributed by atoms with van der Waals surface area (Å²) in [6, 6.07) is 7.35. The average Bonchev–Trinajstić information content (AvgIpc) is 2.93. The predicted octanol–water partition coefficient (Wildman–Crippen LogP) is 1.36. The molecule has 19 heavy (non-hydrogen) atoms. The Balaban J connectivity index is 1.98. The number of hydrogen-bond acceptors (Lipinski definition) is 2. The van der Waals surface area contributed by atoms with Crippen LogP contribution in [0.25, 0.3) is 0 Å². The zero-order valence-corrected chi connectivity index (χ0v) is 11.1. The summed E-state index contributed by atoms with van der Waals surface area (Å²) >= 11 is 0. The predicted molar refractivity (Wildman–Crippen MR) is 71.5 cm³/mol. The molecule has 100 valence electrons. The van der Waals surface area contributed by atoms with Crippen LogP contribution in [0.4, 0.5) is 0 Å². The summed E-state index contributed by atoms with van der Waals surface area (Å²) in [5.74, 6) is 0.0942. The van der Waals surface area contributed by atoms with Gasteiger partial charge in [-0.25, -0.2) is 0 Å². The molecule has 4 heteroatoms. The molecule has 1 aromatic rings. The highest BCUT2D eigenvalue weighted by Crippen LogP contribution is 2.31. The van der Waals surface area contributed by atoms with Crippen LogP contribution in [-0.2, 0) is 16.0 Å². The Labute approximate surface area is 113 Å². The number of carbonyl (C=O) groups is 2. The summed E-state index contributed by atoms with van der Waals surface area (Å²) in [5, 5.41) is 0. The second kappa shape index (κ2) is 4.68. The zero-order chi connectivity index (χ0) is 13.4. The molecule has 1 fully saturated rings. The van der Waals surface area contributed by atoms with Crippen molar-refractivity contribution in [2.75, 3.05) is 20.1 Å². The SMILES string of the molecule is CN1C(=O)Cc2ccccc2[C@@H]1C(=O)N1CCCC1. The minimum Gasteiger partial charge on any atom is -0.341 e. The molecule has 0 unspecified atom stereocenters. The van der Waals surface area contributed by atoms with E-state index in [-0.39, 0.29) is 11.8 Å². The smallest absolute Gasteiger partial charge is 0.250 e. The fraction of sp³-hybridized carbons (Fsp3) is 0.467. The largest absolute Gasteiger partial charge is 0.341 e. The molecule has 0 radical (unpaired) electrons. The molecule has 0 spiro atoms. The van der Waals surface area contributed by atoms with Crippen molar-refractivity contribution in [1.29, 1.82) is 0 Å². The second-order valence-electron chi connectivity index (χ2n) is 5.32. The van der Waals surface area contributed by atoms with Gasteiger partial charge in [0.1, 0.15) is 6.04 Å². The van der Waals surface area contributed by atoms with Crippen LogP contribution in [-0.4, -0.2) is 41.8 Å². The second-order valence-corrected chi connectivity index (χ2v) is 5.32. The lowest BCUT2D eigenvalue weighted by molar-refractivity contribution is -0.144. The van der Waals surface area contributed by atoms with E-state index in [1.54, 1.807) is 11.9 Å². The molecule has 0 bridgehead atoms. The van der Waals surface area contributed by atoms with Crippen LogP contribution in [0.15, 0.2) is 24.3 Å². The van der Waals surface area contributed by atoms with Gasteiger partial charge in [0.05, 0.1) is 6.42 Å². The standard InChI is InChI=1S/C15H18N2O2/c1-16-13(18)10-11-6-2-3-7-12(11)14(16)15(19)17-8-4-5-9-17/h2-3,6-7,14H,4-5,8-10H2,1H3/t14-/m1/s1. The number of rotatable bonds is 1.